The minimum Gasteiger partial charge on any atom is -0.497 e. The zero-order valence-electron chi connectivity index (χ0n) is 46.6. The normalized spacial score (nSPS) is 26.2. The topological polar surface area (TPSA) is 247 Å². The lowest BCUT2D eigenvalue weighted by molar-refractivity contribution is -0.163. The Morgan fingerprint density at radius 3 is 2.11 bits per heavy atom. The number of esters is 2. The van der Waals surface area contributed by atoms with Crippen molar-refractivity contribution in [2.24, 2.45) is 29.6 Å². The number of benzene rings is 1. The number of amides is 6. The molecule has 19 heteroatoms. The minimum atomic E-state index is -1.66. The van der Waals surface area contributed by atoms with Crippen molar-refractivity contribution in [3.05, 3.63) is 29.8 Å². The highest BCUT2D eigenvalue weighted by atomic mass is 16.6. The predicted molar refractivity (Wildman–Crippen MR) is 278 cm³/mol. The number of unbranched alkanes of at least 4 members (excludes halogenated alkanes) is 2. The first-order valence-corrected chi connectivity index (χ1v) is 26.8. The Bertz CT molecular complexity index is 2080. The first-order chi connectivity index (χ1) is 34.8. The third-order valence-corrected chi connectivity index (χ3v) is 14.3. The fraction of sp³-hybridized carbons (Fsp3) is 0.727. The molecule has 2 aliphatic heterocycles. The maximum Gasteiger partial charge on any atom is 0.329 e. The molecule has 0 bridgehead atoms. The van der Waals surface area contributed by atoms with Gasteiger partial charge in [0.1, 0.15) is 42.1 Å². The van der Waals surface area contributed by atoms with Crippen LogP contribution in [0.1, 0.15) is 146 Å². The number of likely N-dealkylation sites (N-methyl/N-ethyl adjacent to an activating group) is 2. The summed E-state index contributed by atoms with van der Waals surface area (Å²) in [6.45, 7) is 19.3. The number of rotatable bonds is 17. The van der Waals surface area contributed by atoms with Gasteiger partial charge in [-0.15, -0.1) is 0 Å². The van der Waals surface area contributed by atoms with Crippen LogP contribution in [-0.4, -0.2) is 155 Å². The summed E-state index contributed by atoms with van der Waals surface area (Å²) in [7, 11) is 4.46. The highest BCUT2D eigenvalue weighted by molar-refractivity contribution is 6.05. The van der Waals surface area contributed by atoms with Crippen LogP contribution in [-0.2, 0) is 59.0 Å². The molecule has 6 amide bonds. The van der Waals surface area contributed by atoms with Crippen LogP contribution in [0.3, 0.4) is 0 Å². The van der Waals surface area contributed by atoms with E-state index in [2.05, 4.69) is 16.0 Å². The molecule has 11 atom stereocenters. The van der Waals surface area contributed by atoms with Crippen molar-refractivity contribution < 1.29 is 62.5 Å². The Labute approximate surface area is 439 Å². The largest absolute Gasteiger partial charge is 0.497 e. The van der Waals surface area contributed by atoms with Crippen LogP contribution < -0.4 is 20.7 Å². The van der Waals surface area contributed by atoms with E-state index in [1.165, 1.54) is 49.8 Å². The zero-order chi connectivity index (χ0) is 55.7. The summed E-state index contributed by atoms with van der Waals surface area (Å²) in [6.07, 6.45) is -1.30. The number of carbonyl (C=O) groups excluding carboxylic acids is 9. The summed E-state index contributed by atoms with van der Waals surface area (Å²) in [5.41, 5.74) is 0.606. The van der Waals surface area contributed by atoms with Gasteiger partial charge in [0.25, 0.3) is 0 Å². The lowest BCUT2D eigenvalue weighted by Gasteiger charge is -2.36. The lowest BCUT2D eigenvalue weighted by atomic mass is 9.91. The van der Waals surface area contributed by atoms with Crippen molar-refractivity contribution in [2.75, 3.05) is 27.7 Å². The molecule has 0 aliphatic carbocycles. The molecule has 2 fully saturated rings. The van der Waals surface area contributed by atoms with Gasteiger partial charge in [-0.25, -0.2) is 4.79 Å². The highest BCUT2D eigenvalue weighted by Crippen LogP contribution is 2.26. The number of hydrogen-bond donors (Lipinski definition) is 4. The van der Waals surface area contributed by atoms with Crippen molar-refractivity contribution in [1.82, 2.24) is 30.7 Å². The van der Waals surface area contributed by atoms with Crippen LogP contribution in [0.25, 0.3) is 0 Å². The van der Waals surface area contributed by atoms with Gasteiger partial charge in [-0.1, -0.05) is 93.7 Å². The number of ether oxygens (including phenoxy) is 3. The van der Waals surface area contributed by atoms with Crippen molar-refractivity contribution >= 4 is 53.2 Å². The smallest absolute Gasteiger partial charge is 0.329 e. The minimum absolute atomic E-state index is 0.0771. The number of nitrogens with zero attached hydrogens (tertiary/aromatic N) is 3. The van der Waals surface area contributed by atoms with Gasteiger partial charge in [0, 0.05) is 33.5 Å². The third kappa shape index (κ3) is 17.5. The molecule has 74 heavy (non-hydrogen) atoms. The molecule has 0 aromatic heterocycles. The van der Waals surface area contributed by atoms with Gasteiger partial charge >= 0.3 is 11.9 Å². The molecule has 3 rings (SSSR count). The number of hydrogen-bond acceptors (Lipinski definition) is 13. The molecule has 1 unspecified atom stereocenters. The Balaban J connectivity index is 2.27. The van der Waals surface area contributed by atoms with Gasteiger partial charge in [-0.05, 0) is 87.3 Å². The molecule has 1 aromatic rings. The number of aliphatic hydroxyl groups is 1. The highest BCUT2D eigenvalue weighted by Gasteiger charge is 2.45. The molecular formula is C55H88N6O13. The summed E-state index contributed by atoms with van der Waals surface area (Å²) in [4.78, 5) is 133. The molecule has 4 N–H and O–H groups in total. The van der Waals surface area contributed by atoms with Crippen LogP contribution in [0.15, 0.2) is 24.3 Å². The number of nitrogens with one attached hydrogen (secondary N) is 3. The molecule has 2 heterocycles. The van der Waals surface area contributed by atoms with Crippen molar-refractivity contribution in [1.29, 1.82) is 0 Å². The maximum atomic E-state index is 14.9. The van der Waals surface area contributed by atoms with E-state index < -0.39 is 126 Å². The van der Waals surface area contributed by atoms with Crippen LogP contribution in [0.2, 0.25) is 0 Å². The van der Waals surface area contributed by atoms with Crippen LogP contribution in [0, 0.1) is 29.6 Å². The average molecular weight is 1040 g/mol. The maximum absolute atomic E-state index is 14.9. The van der Waals surface area contributed by atoms with Crippen LogP contribution in [0.5, 0.6) is 5.75 Å². The molecule has 416 valence electrons. The van der Waals surface area contributed by atoms with Gasteiger partial charge in [-0.3, -0.25) is 38.4 Å². The first-order valence-electron chi connectivity index (χ1n) is 26.8. The molecular weight excluding hydrogens is 953 g/mol. The SMILES string of the molecule is CCCCCC(=O)N(C)[C@H](CC(C)C)C(=O)N[C@@H]1C(=O)N[C@H]([C@@H](C)CC)[C@@H](O)CC(=O)OC(C(C)C)C(=O)[C@H](C)C(=O)N[C@@H](CC(C)C)C(=O)N2CCC[C@H]2C(=O)N(C)[C@@H](Cc2ccc(OC)cc2)C(=O)O[C@@H]1C. The number of aliphatic hydroxyl groups excluding tert-OH is 1. The number of methoxy groups -OCH3 is 1. The summed E-state index contributed by atoms with van der Waals surface area (Å²) in [6, 6.07) is -0.600. The fourth-order valence-corrected chi connectivity index (χ4v) is 9.48. The Morgan fingerprint density at radius 2 is 1.54 bits per heavy atom. The summed E-state index contributed by atoms with van der Waals surface area (Å²) in [5, 5.41) is 20.1. The summed E-state index contributed by atoms with van der Waals surface area (Å²) < 4.78 is 17.2. The molecule has 2 saturated heterocycles. The third-order valence-electron chi connectivity index (χ3n) is 14.3. The molecule has 0 spiro atoms. The van der Waals surface area contributed by atoms with E-state index in [1.807, 2.05) is 41.5 Å². The predicted octanol–water partition coefficient (Wildman–Crippen LogP) is 4.53. The van der Waals surface area contributed by atoms with Gasteiger partial charge < -0.3 is 50.0 Å². The van der Waals surface area contributed by atoms with Crippen LogP contribution in [0.4, 0.5) is 0 Å². The van der Waals surface area contributed by atoms with Crippen molar-refractivity contribution in [3.8, 4) is 5.75 Å². The van der Waals surface area contributed by atoms with E-state index in [9.17, 15) is 48.3 Å². The van der Waals surface area contributed by atoms with Gasteiger partial charge in [0.05, 0.1) is 31.6 Å². The lowest BCUT2D eigenvalue weighted by Crippen LogP contribution is -2.61. The van der Waals surface area contributed by atoms with E-state index in [0.717, 1.165) is 12.8 Å². The van der Waals surface area contributed by atoms with Crippen molar-refractivity contribution in [3.63, 3.8) is 0 Å². The van der Waals surface area contributed by atoms with Gasteiger partial charge in [0.15, 0.2) is 11.9 Å². The summed E-state index contributed by atoms with van der Waals surface area (Å²) in [5.74, 6) is -8.62. The fourth-order valence-electron chi connectivity index (χ4n) is 9.48. The second-order valence-corrected chi connectivity index (χ2v) is 21.6. The Hall–Kier alpha value is -5.59. The molecule has 19 nitrogen and oxygen atoms in total. The second kappa shape index (κ2) is 29.5. The summed E-state index contributed by atoms with van der Waals surface area (Å²) >= 11 is 0. The first kappa shape index (κ1) is 62.7. The Kier molecular flexibility index (Phi) is 25.0. The molecule has 1 aromatic carbocycles. The number of ketones is 1. The van der Waals surface area contributed by atoms with E-state index in [0.29, 0.717) is 30.6 Å². The molecule has 2 aliphatic rings. The number of cyclic esters (lactones) is 2. The molecule has 0 saturated carbocycles. The average Bonchev–Trinajstić information content (AvgIpc) is 3.85. The standard InChI is InChI=1S/C55H88N6O13/c1-15-17-18-21-44(63)59(12)41(28-32(5)6)51(67)58-47-36(11)73-55(71)42(29-37-22-24-38(72-14)25-23-37)60(13)54(70)40-20-19-26-61(40)53(69)39(27-31(3)4)56-50(66)35(10)48(65)49(33(7)8)74-45(64)30-43(62)46(34(9)16-2)57-52(47)68/h22-25,31-36,39-43,46-47,49,62H,15-21,26-30H2,1-14H3,(H,56,66)(H,57,68)(H,58,67)/t34-,35-,36+,39-,40-,41+,42-,43-,46+,47-,49?/m0/s1. The second-order valence-electron chi connectivity index (χ2n) is 21.6. The molecule has 0 radical (unpaired) electrons. The van der Waals surface area contributed by atoms with E-state index in [1.54, 1.807) is 45.0 Å². The van der Waals surface area contributed by atoms with Gasteiger partial charge in [0.2, 0.25) is 35.4 Å². The monoisotopic (exact) mass is 1040 g/mol. The zero-order valence-corrected chi connectivity index (χ0v) is 46.6. The van der Waals surface area contributed by atoms with Crippen LogP contribution >= 0.6 is 0 Å². The number of Topliss-reactive ketones (excluding diaryl/α,β-unsaturated/α-hetero) is 1. The van der Waals surface area contributed by atoms with E-state index in [-0.39, 0.29) is 56.4 Å². The van der Waals surface area contributed by atoms with Crippen molar-refractivity contribution in [2.45, 2.75) is 201 Å². The quantitative estimate of drug-likeness (QED) is 0.0954. The van der Waals surface area contributed by atoms with Gasteiger partial charge in [-0.2, -0.15) is 0 Å². The Morgan fingerprint density at radius 1 is 0.892 bits per heavy atom. The van der Waals surface area contributed by atoms with E-state index in [4.69, 9.17) is 14.2 Å². The number of fused-ring (bicyclic) bond motifs is 1. The number of carbonyl (C=O) groups is 9. The van der Waals surface area contributed by atoms with E-state index >= 15 is 0 Å².